The van der Waals surface area contributed by atoms with Crippen LogP contribution in [0, 0.1) is 0 Å². The predicted molar refractivity (Wildman–Crippen MR) is 49.3 cm³/mol. The van der Waals surface area contributed by atoms with Gasteiger partial charge in [0.25, 0.3) is 0 Å². The van der Waals surface area contributed by atoms with Crippen LogP contribution >= 0.6 is 11.6 Å². The second kappa shape index (κ2) is 4.25. The SMILES string of the molecule is CNC(Cn1cc(Cl)cn1)C(N)=O. The number of nitrogens with two attached hydrogens (primary N) is 1. The smallest absolute Gasteiger partial charge is 0.236 e. The molecule has 0 aromatic carbocycles. The minimum absolute atomic E-state index is 0.387. The Balaban J connectivity index is 2.61. The molecule has 1 amide bonds. The monoisotopic (exact) mass is 202 g/mol. The highest BCUT2D eigenvalue weighted by Crippen LogP contribution is 2.04. The number of hydrogen-bond donors (Lipinski definition) is 2. The van der Waals surface area contributed by atoms with Gasteiger partial charge in [0, 0.05) is 6.20 Å². The quantitative estimate of drug-likeness (QED) is 0.699. The first-order chi connectivity index (χ1) is 6.13. The van der Waals surface area contributed by atoms with Gasteiger partial charge in [0.15, 0.2) is 0 Å². The fraction of sp³-hybridized carbons (Fsp3) is 0.429. The van der Waals surface area contributed by atoms with E-state index in [1.807, 2.05) is 0 Å². The van der Waals surface area contributed by atoms with Gasteiger partial charge in [-0.2, -0.15) is 5.10 Å². The molecule has 1 rings (SSSR count). The van der Waals surface area contributed by atoms with E-state index in [0.29, 0.717) is 11.6 Å². The van der Waals surface area contributed by atoms with Crippen LogP contribution < -0.4 is 11.1 Å². The molecule has 0 aliphatic heterocycles. The van der Waals surface area contributed by atoms with E-state index >= 15 is 0 Å². The van der Waals surface area contributed by atoms with E-state index in [1.165, 1.54) is 6.20 Å². The second-order valence-electron chi connectivity index (χ2n) is 2.62. The molecule has 5 nitrogen and oxygen atoms in total. The van der Waals surface area contributed by atoms with Crippen LogP contribution in [0.5, 0.6) is 0 Å². The summed E-state index contributed by atoms with van der Waals surface area (Å²) in [7, 11) is 1.67. The fourth-order valence-electron chi connectivity index (χ4n) is 0.949. The zero-order valence-corrected chi connectivity index (χ0v) is 7.95. The number of carbonyl (C=O) groups excluding carboxylic acids is 1. The first-order valence-electron chi connectivity index (χ1n) is 3.78. The molecule has 1 atom stereocenters. The predicted octanol–water partition coefficient (Wildman–Crippen LogP) is -0.390. The van der Waals surface area contributed by atoms with Crippen molar-refractivity contribution in [3.05, 3.63) is 17.4 Å². The minimum Gasteiger partial charge on any atom is -0.368 e. The van der Waals surface area contributed by atoms with Crippen molar-refractivity contribution in [3.8, 4) is 0 Å². The Bertz CT molecular complexity index is 298. The molecular formula is C7H11ClN4O. The van der Waals surface area contributed by atoms with Crippen LogP contribution in [0.25, 0.3) is 0 Å². The normalized spacial score (nSPS) is 12.8. The molecule has 1 aromatic heterocycles. The Hall–Kier alpha value is -1.07. The van der Waals surface area contributed by atoms with Gasteiger partial charge in [-0.05, 0) is 7.05 Å². The van der Waals surface area contributed by atoms with Gasteiger partial charge in [-0.1, -0.05) is 11.6 Å². The molecular weight excluding hydrogens is 192 g/mol. The molecule has 0 saturated heterocycles. The third kappa shape index (κ3) is 2.71. The first-order valence-corrected chi connectivity index (χ1v) is 4.16. The van der Waals surface area contributed by atoms with Gasteiger partial charge in [0.2, 0.25) is 5.91 Å². The summed E-state index contributed by atoms with van der Waals surface area (Å²) in [6.07, 6.45) is 3.14. The van der Waals surface area contributed by atoms with Gasteiger partial charge < -0.3 is 11.1 Å². The standard InChI is InChI=1S/C7H11ClN4O/c1-10-6(7(9)13)4-12-3-5(8)2-11-12/h2-3,6,10H,4H2,1H3,(H2,9,13). The number of nitrogens with zero attached hydrogens (tertiary/aromatic N) is 2. The first kappa shape index (κ1) is 10.0. The molecule has 0 fully saturated rings. The molecule has 3 N–H and O–H groups in total. The Morgan fingerprint density at radius 2 is 2.62 bits per heavy atom. The summed E-state index contributed by atoms with van der Waals surface area (Å²) in [6.45, 7) is 0.387. The summed E-state index contributed by atoms with van der Waals surface area (Å²) >= 11 is 5.65. The van der Waals surface area contributed by atoms with Crippen molar-refractivity contribution in [2.24, 2.45) is 5.73 Å². The van der Waals surface area contributed by atoms with E-state index in [-0.39, 0.29) is 0 Å². The van der Waals surface area contributed by atoms with E-state index in [4.69, 9.17) is 17.3 Å². The Morgan fingerprint density at radius 3 is 3.00 bits per heavy atom. The summed E-state index contributed by atoms with van der Waals surface area (Å²) in [4.78, 5) is 10.8. The van der Waals surface area contributed by atoms with Crippen molar-refractivity contribution >= 4 is 17.5 Å². The lowest BCUT2D eigenvalue weighted by Gasteiger charge is -2.11. The van der Waals surface area contributed by atoms with E-state index in [0.717, 1.165) is 0 Å². The molecule has 0 aliphatic carbocycles. The average molecular weight is 203 g/mol. The lowest BCUT2D eigenvalue weighted by atomic mass is 10.3. The largest absolute Gasteiger partial charge is 0.368 e. The molecule has 0 aliphatic rings. The van der Waals surface area contributed by atoms with Crippen molar-refractivity contribution in [3.63, 3.8) is 0 Å². The fourth-order valence-corrected chi connectivity index (χ4v) is 1.11. The van der Waals surface area contributed by atoms with Crippen LogP contribution in [0.2, 0.25) is 5.02 Å². The maximum Gasteiger partial charge on any atom is 0.236 e. The molecule has 1 aromatic rings. The molecule has 0 radical (unpaired) electrons. The van der Waals surface area contributed by atoms with Crippen LogP contribution in [0.3, 0.4) is 0 Å². The van der Waals surface area contributed by atoms with E-state index in [1.54, 1.807) is 17.9 Å². The number of rotatable bonds is 4. The third-order valence-electron chi connectivity index (χ3n) is 1.66. The number of primary amides is 1. The number of carbonyl (C=O) groups is 1. The maximum atomic E-state index is 10.8. The van der Waals surface area contributed by atoms with Gasteiger partial charge in [-0.3, -0.25) is 9.48 Å². The van der Waals surface area contributed by atoms with E-state index in [2.05, 4.69) is 10.4 Å². The Labute approximate surface area is 80.9 Å². The number of likely N-dealkylation sites (N-methyl/N-ethyl adjacent to an activating group) is 1. The lowest BCUT2D eigenvalue weighted by Crippen LogP contribution is -2.42. The van der Waals surface area contributed by atoms with Crippen LogP contribution in [0.1, 0.15) is 0 Å². The Morgan fingerprint density at radius 1 is 1.92 bits per heavy atom. The van der Waals surface area contributed by atoms with E-state index < -0.39 is 11.9 Å². The van der Waals surface area contributed by atoms with E-state index in [9.17, 15) is 4.79 Å². The van der Waals surface area contributed by atoms with Crippen LogP contribution in [0.15, 0.2) is 12.4 Å². The van der Waals surface area contributed by atoms with Crippen molar-refractivity contribution in [2.75, 3.05) is 7.05 Å². The zero-order chi connectivity index (χ0) is 9.84. The summed E-state index contributed by atoms with van der Waals surface area (Å²) in [5.74, 6) is -0.408. The van der Waals surface area contributed by atoms with Crippen LogP contribution in [-0.4, -0.2) is 28.8 Å². The topological polar surface area (TPSA) is 72.9 Å². The van der Waals surface area contributed by atoms with Crippen molar-refractivity contribution < 1.29 is 4.79 Å². The van der Waals surface area contributed by atoms with Crippen LogP contribution in [-0.2, 0) is 11.3 Å². The van der Waals surface area contributed by atoms with Crippen molar-refractivity contribution in [2.45, 2.75) is 12.6 Å². The van der Waals surface area contributed by atoms with Gasteiger partial charge in [0.05, 0.1) is 17.8 Å². The summed E-state index contributed by atoms with van der Waals surface area (Å²) in [5, 5.41) is 7.24. The Kier molecular flexibility index (Phi) is 3.27. The van der Waals surface area contributed by atoms with Crippen molar-refractivity contribution in [1.82, 2.24) is 15.1 Å². The third-order valence-corrected chi connectivity index (χ3v) is 1.86. The van der Waals surface area contributed by atoms with Gasteiger partial charge >= 0.3 is 0 Å². The van der Waals surface area contributed by atoms with Gasteiger partial charge in [-0.25, -0.2) is 0 Å². The summed E-state index contributed by atoms with van der Waals surface area (Å²) in [6, 6.07) is -0.420. The number of halogens is 1. The molecule has 1 unspecified atom stereocenters. The number of nitrogens with one attached hydrogen (secondary N) is 1. The summed E-state index contributed by atoms with van der Waals surface area (Å²) < 4.78 is 1.56. The zero-order valence-electron chi connectivity index (χ0n) is 7.20. The highest BCUT2D eigenvalue weighted by Gasteiger charge is 2.13. The molecule has 0 bridgehead atoms. The molecule has 72 valence electrons. The molecule has 0 spiro atoms. The van der Waals surface area contributed by atoms with Crippen LogP contribution in [0.4, 0.5) is 0 Å². The minimum atomic E-state index is -0.420. The van der Waals surface area contributed by atoms with Gasteiger partial charge in [-0.15, -0.1) is 0 Å². The summed E-state index contributed by atoms with van der Waals surface area (Å²) in [5.41, 5.74) is 5.13. The highest BCUT2D eigenvalue weighted by molar-refractivity contribution is 6.30. The number of hydrogen-bond acceptors (Lipinski definition) is 3. The van der Waals surface area contributed by atoms with Gasteiger partial charge in [0.1, 0.15) is 6.04 Å². The molecule has 1 heterocycles. The van der Waals surface area contributed by atoms with Crippen molar-refractivity contribution in [1.29, 1.82) is 0 Å². The lowest BCUT2D eigenvalue weighted by molar-refractivity contribution is -0.120. The maximum absolute atomic E-state index is 10.8. The highest BCUT2D eigenvalue weighted by atomic mass is 35.5. The number of aromatic nitrogens is 2. The molecule has 0 saturated carbocycles. The second-order valence-corrected chi connectivity index (χ2v) is 3.06. The molecule has 6 heteroatoms. The molecule has 13 heavy (non-hydrogen) atoms. The average Bonchev–Trinajstić information content (AvgIpc) is 2.46. The number of amides is 1.